The number of carbonyl (C=O) groups is 2. The van der Waals surface area contributed by atoms with Gasteiger partial charge in [-0.1, -0.05) is 23.2 Å². The third kappa shape index (κ3) is 1.90. The number of ether oxygens (including phenoxy) is 3. The molecule has 1 aliphatic carbocycles. The maximum atomic E-state index is 12.3. The minimum atomic E-state index is -2.03. The van der Waals surface area contributed by atoms with Gasteiger partial charge >= 0.3 is 0 Å². The van der Waals surface area contributed by atoms with Gasteiger partial charge in [-0.2, -0.15) is 0 Å². The summed E-state index contributed by atoms with van der Waals surface area (Å²) in [5.41, 5.74) is 0.277. The van der Waals surface area contributed by atoms with E-state index < -0.39 is 16.4 Å². The lowest BCUT2D eigenvalue weighted by Gasteiger charge is -2.41. The van der Waals surface area contributed by atoms with Gasteiger partial charge in [-0.05, 0) is 0 Å². The molecule has 2 rings (SSSR count). The first-order valence-corrected chi connectivity index (χ1v) is 6.77. The Labute approximate surface area is 126 Å². The molecule has 1 fully saturated rings. The third-order valence-electron chi connectivity index (χ3n) is 3.59. The first-order chi connectivity index (χ1) is 9.48. The Kier molecular flexibility index (Phi) is 4.41. The number of hydrogen-bond acceptors (Lipinski definition) is 6. The molecule has 0 aromatic heterocycles. The van der Waals surface area contributed by atoms with Crippen LogP contribution in [-0.4, -0.2) is 68.2 Å². The number of aldehydes is 1. The molecule has 0 radical (unpaired) electrons. The van der Waals surface area contributed by atoms with E-state index in [0.29, 0.717) is 32.6 Å². The SMILES string of the molecule is COC1(OC)C(N2CCOCC2)=C(Cl)C(=O)C1(Cl)C=O. The summed E-state index contributed by atoms with van der Waals surface area (Å²) in [6, 6.07) is 0. The third-order valence-corrected chi connectivity index (χ3v) is 4.45. The number of ketones is 1. The second-order valence-electron chi connectivity index (χ2n) is 4.45. The van der Waals surface area contributed by atoms with Gasteiger partial charge in [-0.15, -0.1) is 0 Å². The van der Waals surface area contributed by atoms with Gasteiger partial charge in [0, 0.05) is 27.3 Å². The number of alkyl halides is 1. The van der Waals surface area contributed by atoms with E-state index in [4.69, 9.17) is 37.4 Å². The van der Waals surface area contributed by atoms with Crippen LogP contribution in [-0.2, 0) is 23.8 Å². The molecule has 0 amide bonds. The summed E-state index contributed by atoms with van der Waals surface area (Å²) in [5.74, 6) is -2.46. The van der Waals surface area contributed by atoms with Crippen molar-refractivity contribution in [3.8, 4) is 0 Å². The first kappa shape index (κ1) is 15.7. The Bertz CT molecular complexity index is 457. The molecular weight excluding hydrogens is 309 g/mol. The van der Waals surface area contributed by atoms with Crippen LogP contribution in [0.25, 0.3) is 0 Å². The number of morpholine rings is 1. The molecule has 112 valence electrons. The highest BCUT2D eigenvalue weighted by molar-refractivity contribution is 6.57. The second-order valence-corrected chi connectivity index (χ2v) is 5.42. The van der Waals surface area contributed by atoms with E-state index in [1.54, 1.807) is 4.90 Å². The molecule has 6 nitrogen and oxygen atoms in total. The number of halogens is 2. The normalized spacial score (nSPS) is 30.0. The molecule has 1 unspecified atom stereocenters. The van der Waals surface area contributed by atoms with Gasteiger partial charge in [0.25, 0.3) is 0 Å². The first-order valence-electron chi connectivity index (χ1n) is 6.01. The molecule has 0 bridgehead atoms. The zero-order chi connectivity index (χ0) is 15.0. The molecule has 0 N–H and O–H groups in total. The minimum Gasteiger partial charge on any atom is -0.378 e. The van der Waals surface area contributed by atoms with Crippen LogP contribution in [0.2, 0.25) is 0 Å². The summed E-state index contributed by atoms with van der Waals surface area (Å²) in [7, 11) is 2.63. The van der Waals surface area contributed by atoms with Crippen LogP contribution < -0.4 is 0 Å². The van der Waals surface area contributed by atoms with E-state index >= 15 is 0 Å². The second kappa shape index (κ2) is 5.61. The van der Waals surface area contributed by atoms with Gasteiger partial charge in [0.2, 0.25) is 16.4 Å². The summed E-state index contributed by atoms with van der Waals surface area (Å²) < 4.78 is 15.9. The predicted molar refractivity (Wildman–Crippen MR) is 71.7 cm³/mol. The molecule has 1 saturated heterocycles. The van der Waals surface area contributed by atoms with Gasteiger partial charge in [0.15, 0.2) is 6.29 Å². The van der Waals surface area contributed by atoms with Gasteiger partial charge in [0.05, 0.1) is 18.9 Å². The van der Waals surface area contributed by atoms with Crippen molar-refractivity contribution < 1.29 is 23.8 Å². The van der Waals surface area contributed by atoms with Crippen LogP contribution in [0.15, 0.2) is 10.7 Å². The predicted octanol–water partition coefficient (Wildman–Crippen LogP) is 0.517. The largest absolute Gasteiger partial charge is 0.378 e. The molecule has 0 spiro atoms. The van der Waals surface area contributed by atoms with Crippen molar-refractivity contribution in [1.29, 1.82) is 0 Å². The Morgan fingerprint density at radius 3 is 2.30 bits per heavy atom. The summed E-state index contributed by atoms with van der Waals surface area (Å²) in [6.45, 7) is 1.95. The van der Waals surface area contributed by atoms with Crippen molar-refractivity contribution in [3.05, 3.63) is 10.7 Å². The van der Waals surface area contributed by atoms with Crippen molar-refractivity contribution in [2.75, 3.05) is 40.5 Å². The van der Waals surface area contributed by atoms with Gasteiger partial charge in [-0.25, -0.2) is 0 Å². The molecule has 0 saturated carbocycles. The fourth-order valence-electron chi connectivity index (χ4n) is 2.57. The number of rotatable bonds is 4. The standard InChI is InChI=1S/C12H15Cl2NO5/c1-18-12(19-2)9(15-3-5-20-6-4-15)8(13)10(17)11(12,14)7-16/h7H,3-6H2,1-2H3. The van der Waals surface area contributed by atoms with Gasteiger partial charge < -0.3 is 23.9 Å². The van der Waals surface area contributed by atoms with E-state index in [2.05, 4.69) is 0 Å². The number of methoxy groups -OCH3 is 2. The van der Waals surface area contributed by atoms with E-state index in [-0.39, 0.29) is 10.7 Å². The summed E-state index contributed by atoms with van der Waals surface area (Å²) in [5, 5.41) is -0.141. The monoisotopic (exact) mass is 323 g/mol. The van der Waals surface area contributed by atoms with Crippen molar-refractivity contribution in [2.45, 2.75) is 10.7 Å². The molecule has 0 aromatic carbocycles. The van der Waals surface area contributed by atoms with Crippen LogP contribution in [0.4, 0.5) is 0 Å². The smallest absolute Gasteiger partial charge is 0.245 e. The van der Waals surface area contributed by atoms with E-state index in [1.807, 2.05) is 0 Å². The van der Waals surface area contributed by atoms with Crippen molar-refractivity contribution in [1.82, 2.24) is 4.90 Å². The van der Waals surface area contributed by atoms with Gasteiger partial charge in [0.1, 0.15) is 5.03 Å². The molecule has 8 heteroatoms. The van der Waals surface area contributed by atoms with Crippen LogP contribution in [0.1, 0.15) is 0 Å². The average molecular weight is 324 g/mol. The Morgan fingerprint density at radius 1 is 1.30 bits per heavy atom. The topological polar surface area (TPSA) is 65.1 Å². The van der Waals surface area contributed by atoms with Crippen LogP contribution in [0.3, 0.4) is 0 Å². The molecular formula is C12H15Cl2NO5. The Morgan fingerprint density at radius 2 is 1.85 bits per heavy atom. The molecule has 20 heavy (non-hydrogen) atoms. The highest BCUT2D eigenvalue weighted by Crippen LogP contribution is 2.49. The Hall–Kier alpha value is -0.660. The number of hydrogen-bond donors (Lipinski definition) is 0. The highest BCUT2D eigenvalue weighted by atomic mass is 35.5. The fraction of sp³-hybridized carbons (Fsp3) is 0.667. The number of nitrogens with zero attached hydrogens (tertiary/aromatic N) is 1. The Balaban J connectivity index is 2.55. The zero-order valence-corrected chi connectivity index (χ0v) is 12.7. The molecule has 1 heterocycles. The van der Waals surface area contributed by atoms with Crippen LogP contribution in [0.5, 0.6) is 0 Å². The number of Topliss-reactive ketones (excluding diaryl/α,β-unsaturated/α-hetero) is 1. The highest BCUT2D eigenvalue weighted by Gasteiger charge is 2.67. The van der Waals surface area contributed by atoms with Crippen molar-refractivity contribution in [3.63, 3.8) is 0 Å². The molecule has 1 aliphatic heterocycles. The van der Waals surface area contributed by atoms with Gasteiger partial charge in [-0.3, -0.25) is 4.79 Å². The van der Waals surface area contributed by atoms with Crippen molar-refractivity contribution in [2.24, 2.45) is 0 Å². The molecule has 0 aromatic rings. The average Bonchev–Trinajstić information content (AvgIpc) is 2.67. The van der Waals surface area contributed by atoms with E-state index in [0.717, 1.165) is 0 Å². The zero-order valence-electron chi connectivity index (χ0n) is 11.2. The summed E-state index contributed by atoms with van der Waals surface area (Å²) >= 11 is 12.3. The van der Waals surface area contributed by atoms with E-state index in [1.165, 1.54) is 14.2 Å². The quantitative estimate of drug-likeness (QED) is 0.325. The minimum absolute atomic E-state index is 0.141. The summed E-state index contributed by atoms with van der Waals surface area (Å²) in [4.78, 5) is 23.4. The maximum absolute atomic E-state index is 12.3. The lowest BCUT2D eigenvalue weighted by atomic mass is 9.99. The lowest BCUT2D eigenvalue weighted by molar-refractivity contribution is -0.205. The maximum Gasteiger partial charge on any atom is 0.245 e. The molecule has 1 atom stereocenters. The lowest BCUT2D eigenvalue weighted by Crippen LogP contribution is -2.59. The van der Waals surface area contributed by atoms with Crippen molar-refractivity contribution >= 4 is 35.3 Å². The summed E-state index contributed by atoms with van der Waals surface area (Å²) in [6.07, 6.45) is 0.305. The van der Waals surface area contributed by atoms with Crippen LogP contribution >= 0.6 is 23.2 Å². The molecule has 2 aliphatic rings. The van der Waals surface area contributed by atoms with Crippen LogP contribution in [0, 0.1) is 0 Å². The fourth-order valence-corrected chi connectivity index (χ4v) is 3.35. The number of allylic oxidation sites excluding steroid dienone is 1. The number of carbonyl (C=O) groups excluding carboxylic acids is 2. The van der Waals surface area contributed by atoms with E-state index in [9.17, 15) is 9.59 Å².